The number of hydrogen-bond acceptors (Lipinski definition) is 5. The van der Waals surface area contributed by atoms with Gasteiger partial charge in [0, 0.05) is 36.7 Å². The summed E-state index contributed by atoms with van der Waals surface area (Å²) < 4.78 is 0. The van der Waals surface area contributed by atoms with Crippen molar-refractivity contribution in [1.29, 1.82) is 0 Å². The molecule has 2 aromatic heterocycles. The zero-order valence-electron chi connectivity index (χ0n) is 18.6. The summed E-state index contributed by atoms with van der Waals surface area (Å²) in [6.45, 7) is 7.97. The fraction of sp³-hybridized carbons (Fsp3) is 0.652. The van der Waals surface area contributed by atoms with Gasteiger partial charge in [-0.3, -0.25) is 14.4 Å². The molecular weight excluding hydrogens is 412 g/mol. The molecule has 0 aromatic carbocycles. The Balaban J connectivity index is 1.45. The van der Waals surface area contributed by atoms with Crippen molar-refractivity contribution in [2.24, 2.45) is 23.0 Å². The molecule has 0 bridgehead atoms. The normalized spacial score (nSPS) is 20.1. The molecule has 1 atom stereocenters. The Morgan fingerprint density at radius 3 is 2.58 bits per heavy atom. The van der Waals surface area contributed by atoms with E-state index in [0.717, 1.165) is 29.5 Å². The number of aryl methyl sites for hydroxylation is 2. The molecule has 168 valence electrons. The summed E-state index contributed by atoms with van der Waals surface area (Å²) >= 11 is 1.64. The quantitative estimate of drug-likeness (QED) is 0.756. The monoisotopic (exact) mass is 444 g/mol. The number of carbonyl (C=O) groups excluding carboxylic acids is 2. The topological polar surface area (TPSA) is 109 Å². The molecule has 4 rings (SSSR count). The van der Waals surface area contributed by atoms with E-state index in [9.17, 15) is 14.4 Å². The third kappa shape index (κ3) is 4.54. The molecular formula is C23H32N4O3S. The van der Waals surface area contributed by atoms with Gasteiger partial charge in [0.05, 0.1) is 5.39 Å². The summed E-state index contributed by atoms with van der Waals surface area (Å²) in [4.78, 5) is 48.2. The maximum absolute atomic E-state index is 12.8. The standard InChI is InChI=1S/C23H32N4O3S/c1-23(2,3)14-4-5-15-16(12-14)31-22-19(15)21(30)25-17(26-22)6-7-18(28)27-10-8-13(9-11-27)20(24)29/h13-14H,4-12H2,1-3H3,(H2,24,29)(H,25,26,30)/t14-/m0/s1. The summed E-state index contributed by atoms with van der Waals surface area (Å²) in [5.74, 6) is 0.804. The number of nitrogens with zero attached hydrogens (tertiary/aromatic N) is 2. The third-order valence-electron chi connectivity index (χ3n) is 7.02. The number of amides is 2. The Morgan fingerprint density at radius 2 is 1.94 bits per heavy atom. The van der Waals surface area contributed by atoms with Gasteiger partial charge in [-0.15, -0.1) is 11.3 Å². The number of likely N-dealkylation sites (tertiary alicyclic amines) is 1. The second kappa shape index (κ2) is 8.37. The van der Waals surface area contributed by atoms with Gasteiger partial charge in [0.25, 0.3) is 5.56 Å². The van der Waals surface area contributed by atoms with Crippen molar-refractivity contribution in [3.63, 3.8) is 0 Å². The number of aromatic amines is 1. The second-order valence-electron chi connectivity index (χ2n) is 10.1. The van der Waals surface area contributed by atoms with Crippen LogP contribution in [0, 0.1) is 17.3 Å². The van der Waals surface area contributed by atoms with E-state index in [1.165, 1.54) is 10.4 Å². The van der Waals surface area contributed by atoms with Crippen LogP contribution in [0.25, 0.3) is 10.2 Å². The Kier molecular flexibility index (Phi) is 5.94. The summed E-state index contributed by atoms with van der Waals surface area (Å²) in [6, 6.07) is 0. The van der Waals surface area contributed by atoms with E-state index in [0.29, 0.717) is 50.5 Å². The van der Waals surface area contributed by atoms with Crippen molar-refractivity contribution in [2.45, 2.75) is 65.7 Å². The van der Waals surface area contributed by atoms with Crippen LogP contribution >= 0.6 is 11.3 Å². The minimum Gasteiger partial charge on any atom is -0.369 e. The molecule has 1 aliphatic heterocycles. The van der Waals surface area contributed by atoms with Crippen LogP contribution in [0.4, 0.5) is 0 Å². The van der Waals surface area contributed by atoms with E-state index < -0.39 is 0 Å². The van der Waals surface area contributed by atoms with Gasteiger partial charge in [0.2, 0.25) is 11.8 Å². The smallest absolute Gasteiger partial charge is 0.259 e. The highest BCUT2D eigenvalue weighted by atomic mass is 32.1. The van der Waals surface area contributed by atoms with Gasteiger partial charge >= 0.3 is 0 Å². The first-order chi connectivity index (χ1) is 14.6. The number of fused-ring (bicyclic) bond motifs is 3. The highest BCUT2D eigenvalue weighted by Crippen LogP contribution is 2.42. The first kappa shape index (κ1) is 22.0. The third-order valence-corrected chi connectivity index (χ3v) is 8.17. The van der Waals surface area contributed by atoms with Gasteiger partial charge in [-0.1, -0.05) is 20.8 Å². The molecule has 1 fully saturated rings. The summed E-state index contributed by atoms with van der Waals surface area (Å²) in [6.07, 6.45) is 5.00. The van der Waals surface area contributed by atoms with Crippen molar-refractivity contribution in [3.8, 4) is 0 Å². The Hall–Kier alpha value is -2.22. The number of nitrogens with two attached hydrogens (primary N) is 1. The highest BCUT2D eigenvalue weighted by Gasteiger charge is 2.32. The Labute approximate surface area is 186 Å². The Morgan fingerprint density at radius 1 is 1.23 bits per heavy atom. The molecule has 0 unspecified atom stereocenters. The van der Waals surface area contributed by atoms with Crippen molar-refractivity contribution in [2.75, 3.05) is 13.1 Å². The van der Waals surface area contributed by atoms with Gasteiger partial charge in [-0.2, -0.15) is 0 Å². The maximum Gasteiger partial charge on any atom is 0.259 e. The molecule has 3 heterocycles. The molecule has 1 aliphatic carbocycles. The van der Waals surface area contributed by atoms with Crippen molar-refractivity contribution >= 4 is 33.4 Å². The van der Waals surface area contributed by atoms with Gasteiger partial charge in [0.1, 0.15) is 10.7 Å². The first-order valence-corrected chi connectivity index (χ1v) is 12.1. The number of rotatable bonds is 4. The second-order valence-corrected chi connectivity index (χ2v) is 11.1. The number of H-pyrrole nitrogens is 1. The van der Waals surface area contributed by atoms with Crippen LogP contribution in [0.5, 0.6) is 0 Å². The lowest BCUT2D eigenvalue weighted by atomic mass is 9.72. The van der Waals surface area contributed by atoms with Crippen LogP contribution < -0.4 is 11.3 Å². The number of hydrogen-bond donors (Lipinski definition) is 2. The zero-order valence-corrected chi connectivity index (χ0v) is 19.4. The largest absolute Gasteiger partial charge is 0.369 e. The molecule has 7 nitrogen and oxygen atoms in total. The number of primary amides is 1. The average molecular weight is 445 g/mol. The Bertz CT molecular complexity index is 1060. The van der Waals surface area contributed by atoms with E-state index >= 15 is 0 Å². The van der Waals surface area contributed by atoms with Gasteiger partial charge in [0.15, 0.2) is 0 Å². The molecule has 8 heteroatoms. The van der Waals surface area contributed by atoms with Crippen LogP contribution in [0.1, 0.15) is 62.7 Å². The van der Waals surface area contributed by atoms with Gasteiger partial charge in [-0.05, 0) is 49.0 Å². The van der Waals surface area contributed by atoms with Crippen molar-refractivity contribution < 1.29 is 9.59 Å². The molecule has 0 spiro atoms. The number of thiophene rings is 1. The van der Waals surface area contributed by atoms with Gasteiger partial charge < -0.3 is 15.6 Å². The molecule has 2 amide bonds. The zero-order chi connectivity index (χ0) is 22.3. The average Bonchev–Trinajstić information content (AvgIpc) is 3.09. The molecule has 2 aromatic rings. The SMILES string of the molecule is CC(C)(C)[C@H]1CCc2c(sc3nc(CCC(=O)N4CCC(C(N)=O)CC4)[nH]c(=O)c23)C1. The summed E-state index contributed by atoms with van der Waals surface area (Å²) in [5, 5.41) is 0.746. The highest BCUT2D eigenvalue weighted by molar-refractivity contribution is 7.18. The van der Waals surface area contributed by atoms with Gasteiger partial charge in [-0.25, -0.2) is 4.98 Å². The van der Waals surface area contributed by atoms with E-state index in [2.05, 4.69) is 25.8 Å². The van der Waals surface area contributed by atoms with Crippen molar-refractivity contribution in [1.82, 2.24) is 14.9 Å². The van der Waals surface area contributed by atoms with Crippen molar-refractivity contribution in [3.05, 3.63) is 26.6 Å². The number of nitrogens with one attached hydrogen (secondary N) is 1. The fourth-order valence-electron chi connectivity index (χ4n) is 4.88. The predicted molar refractivity (Wildman–Crippen MR) is 122 cm³/mol. The minimum atomic E-state index is -0.283. The predicted octanol–water partition coefficient (Wildman–Crippen LogP) is 2.79. The maximum atomic E-state index is 12.8. The van der Waals surface area contributed by atoms with E-state index in [4.69, 9.17) is 10.7 Å². The molecule has 31 heavy (non-hydrogen) atoms. The van der Waals surface area contributed by atoms with E-state index in [1.807, 2.05) is 0 Å². The summed E-state index contributed by atoms with van der Waals surface area (Å²) in [5.41, 5.74) is 6.71. The molecule has 2 aliphatic rings. The number of carbonyl (C=O) groups is 2. The lowest BCUT2D eigenvalue weighted by molar-refractivity contribution is -0.134. The lowest BCUT2D eigenvalue weighted by Gasteiger charge is -2.33. The minimum absolute atomic E-state index is 0.0316. The van der Waals surface area contributed by atoms with Crippen LogP contribution in [-0.4, -0.2) is 39.8 Å². The molecule has 1 saturated heterocycles. The van der Waals surface area contributed by atoms with Crippen LogP contribution in [0.2, 0.25) is 0 Å². The molecule has 0 radical (unpaired) electrons. The van der Waals surface area contributed by atoms with Crippen LogP contribution in [0.3, 0.4) is 0 Å². The number of piperidine rings is 1. The number of aromatic nitrogens is 2. The lowest BCUT2D eigenvalue weighted by Crippen LogP contribution is -2.41. The van der Waals surface area contributed by atoms with Crippen LogP contribution in [-0.2, 0) is 28.9 Å². The fourth-order valence-corrected chi connectivity index (χ4v) is 6.20. The van der Waals surface area contributed by atoms with Crippen LogP contribution in [0.15, 0.2) is 4.79 Å². The first-order valence-electron chi connectivity index (χ1n) is 11.2. The summed E-state index contributed by atoms with van der Waals surface area (Å²) in [7, 11) is 0. The van der Waals surface area contributed by atoms with E-state index in [-0.39, 0.29) is 28.7 Å². The van der Waals surface area contributed by atoms with E-state index in [1.54, 1.807) is 16.2 Å². The molecule has 3 N–H and O–H groups in total. The molecule has 0 saturated carbocycles.